The second-order valence-electron chi connectivity index (χ2n) is 2.90. The number of rotatable bonds is 0. The van der Waals surface area contributed by atoms with Crippen molar-refractivity contribution in [2.24, 2.45) is 5.10 Å². The van der Waals surface area contributed by atoms with Crippen LogP contribution in [0, 0.1) is 6.92 Å². The second kappa shape index (κ2) is 2.79. The molecular weight excluding hydrogens is 172 g/mol. The molecule has 0 atom stereocenters. The van der Waals surface area contributed by atoms with Crippen LogP contribution < -0.4 is 5.43 Å². The van der Waals surface area contributed by atoms with Gasteiger partial charge in [0.25, 0.3) is 0 Å². The molecule has 1 aromatic carbocycles. The third kappa shape index (κ3) is 1.18. The number of benzene rings is 1. The molecule has 0 saturated heterocycles. The number of hydrazone groups is 1. The van der Waals surface area contributed by atoms with Crippen molar-refractivity contribution < 1.29 is 0 Å². The molecule has 0 saturated carbocycles. The zero-order valence-corrected chi connectivity index (χ0v) is 7.52. The fourth-order valence-electron chi connectivity index (χ4n) is 1.32. The van der Waals surface area contributed by atoms with E-state index < -0.39 is 0 Å². The first-order valence-electron chi connectivity index (χ1n) is 3.83. The van der Waals surface area contributed by atoms with Gasteiger partial charge in [0.1, 0.15) is 0 Å². The van der Waals surface area contributed by atoms with Crippen LogP contribution in [0.1, 0.15) is 16.7 Å². The Balaban J connectivity index is 2.56. The highest BCUT2D eigenvalue weighted by Gasteiger charge is 2.10. The van der Waals surface area contributed by atoms with Gasteiger partial charge in [-0.25, -0.2) is 0 Å². The number of hydrogen-bond donors (Lipinski definition) is 1. The smallest absolute Gasteiger partial charge is 0.156 e. The van der Waals surface area contributed by atoms with Gasteiger partial charge in [-0.3, -0.25) is 0 Å². The van der Waals surface area contributed by atoms with E-state index in [0.717, 1.165) is 12.1 Å². The van der Waals surface area contributed by atoms with E-state index in [1.54, 1.807) is 0 Å². The minimum absolute atomic E-state index is 0.552. The Morgan fingerprint density at radius 2 is 2.33 bits per heavy atom. The van der Waals surface area contributed by atoms with Crippen molar-refractivity contribution in [1.82, 2.24) is 5.43 Å². The molecule has 0 unspecified atom stereocenters. The zero-order valence-electron chi connectivity index (χ0n) is 6.76. The SMILES string of the molecule is Cc1ccc2c(c1)CNN=C2Cl. The molecule has 1 heterocycles. The van der Waals surface area contributed by atoms with Crippen LogP contribution in [0.5, 0.6) is 0 Å². The lowest BCUT2D eigenvalue weighted by Gasteiger charge is -2.13. The predicted molar refractivity (Wildman–Crippen MR) is 50.4 cm³/mol. The number of fused-ring (bicyclic) bond motifs is 1. The van der Waals surface area contributed by atoms with Crippen molar-refractivity contribution in [3.63, 3.8) is 0 Å². The molecule has 0 bridgehead atoms. The summed E-state index contributed by atoms with van der Waals surface area (Å²) in [5.41, 5.74) is 6.39. The van der Waals surface area contributed by atoms with Gasteiger partial charge in [0.05, 0.1) is 6.54 Å². The van der Waals surface area contributed by atoms with Crippen molar-refractivity contribution in [3.8, 4) is 0 Å². The predicted octanol–water partition coefficient (Wildman–Crippen LogP) is 2.00. The average molecular weight is 181 g/mol. The van der Waals surface area contributed by atoms with E-state index in [0.29, 0.717) is 5.17 Å². The molecule has 0 aliphatic carbocycles. The molecule has 0 amide bonds. The summed E-state index contributed by atoms with van der Waals surface area (Å²) in [6, 6.07) is 6.18. The lowest BCUT2D eigenvalue weighted by atomic mass is 10.0. The summed E-state index contributed by atoms with van der Waals surface area (Å²) in [5, 5.41) is 4.49. The first-order chi connectivity index (χ1) is 5.77. The van der Waals surface area contributed by atoms with Gasteiger partial charge in [-0.05, 0) is 12.5 Å². The molecule has 0 spiro atoms. The van der Waals surface area contributed by atoms with Crippen LogP contribution in [0.2, 0.25) is 0 Å². The monoisotopic (exact) mass is 180 g/mol. The Morgan fingerprint density at radius 1 is 1.50 bits per heavy atom. The second-order valence-corrected chi connectivity index (χ2v) is 3.26. The molecule has 1 aromatic rings. The third-order valence-electron chi connectivity index (χ3n) is 1.93. The minimum Gasteiger partial charge on any atom is -0.304 e. The summed E-state index contributed by atoms with van der Waals surface area (Å²) in [5.74, 6) is 0. The van der Waals surface area contributed by atoms with Crippen LogP contribution >= 0.6 is 11.6 Å². The first-order valence-corrected chi connectivity index (χ1v) is 4.21. The Bertz CT molecular complexity index is 344. The normalized spacial score (nSPS) is 14.7. The standard InChI is InChI=1S/C9H9ClN2/c1-6-2-3-8-7(4-6)5-11-12-9(8)10/h2-4,11H,5H2,1H3. The fourth-order valence-corrected chi connectivity index (χ4v) is 1.57. The van der Waals surface area contributed by atoms with Gasteiger partial charge in [-0.1, -0.05) is 35.4 Å². The van der Waals surface area contributed by atoms with Gasteiger partial charge in [-0.2, -0.15) is 5.10 Å². The van der Waals surface area contributed by atoms with Crippen LogP contribution in [0.15, 0.2) is 23.3 Å². The first kappa shape index (κ1) is 7.62. The van der Waals surface area contributed by atoms with E-state index >= 15 is 0 Å². The lowest BCUT2D eigenvalue weighted by Crippen LogP contribution is -2.17. The van der Waals surface area contributed by atoms with Gasteiger partial charge in [0.2, 0.25) is 0 Å². The van der Waals surface area contributed by atoms with Crippen LogP contribution in [-0.2, 0) is 6.54 Å². The van der Waals surface area contributed by atoms with Crippen molar-refractivity contribution in [2.45, 2.75) is 13.5 Å². The molecule has 1 aliphatic rings. The molecule has 2 rings (SSSR count). The summed E-state index contributed by atoms with van der Waals surface area (Å²) in [6.07, 6.45) is 0. The number of nitrogens with zero attached hydrogens (tertiary/aromatic N) is 1. The highest BCUT2D eigenvalue weighted by atomic mass is 35.5. The van der Waals surface area contributed by atoms with Crippen LogP contribution in [0.4, 0.5) is 0 Å². The summed E-state index contributed by atoms with van der Waals surface area (Å²) < 4.78 is 0. The van der Waals surface area contributed by atoms with Crippen LogP contribution in [0.25, 0.3) is 0 Å². The maximum Gasteiger partial charge on any atom is 0.156 e. The van der Waals surface area contributed by atoms with Gasteiger partial charge in [0, 0.05) is 5.56 Å². The number of hydrogen-bond acceptors (Lipinski definition) is 2. The average Bonchev–Trinajstić information content (AvgIpc) is 2.04. The highest BCUT2D eigenvalue weighted by Crippen LogP contribution is 2.17. The summed E-state index contributed by atoms with van der Waals surface area (Å²) in [4.78, 5) is 0. The molecule has 0 fully saturated rings. The van der Waals surface area contributed by atoms with Crippen molar-refractivity contribution in [2.75, 3.05) is 0 Å². The molecule has 0 aromatic heterocycles. The van der Waals surface area contributed by atoms with E-state index in [1.807, 2.05) is 12.1 Å². The Labute approximate surface area is 76.2 Å². The molecule has 3 heteroatoms. The quantitative estimate of drug-likeness (QED) is 0.649. The third-order valence-corrected chi connectivity index (χ3v) is 2.22. The minimum atomic E-state index is 0.552. The van der Waals surface area contributed by atoms with E-state index in [9.17, 15) is 0 Å². The maximum atomic E-state index is 5.89. The molecule has 62 valence electrons. The Hall–Kier alpha value is -1.02. The molecule has 1 N–H and O–H groups in total. The summed E-state index contributed by atoms with van der Waals surface area (Å²) in [6.45, 7) is 2.84. The van der Waals surface area contributed by atoms with E-state index in [1.165, 1.54) is 11.1 Å². The maximum absolute atomic E-state index is 5.89. The fraction of sp³-hybridized carbons (Fsp3) is 0.222. The van der Waals surface area contributed by atoms with E-state index in [4.69, 9.17) is 11.6 Å². The largest absolute Gasteiger partial charge is 0.304 e. The number of aryl methyl sites for hydroxylation is 1. The topological polar surface area (TPSA) is 24.4 Å². The lowest BCUT2D eigenvalue weighted by molar-refractivity contribution is 0.732. The zero-order chi connectivity index (χ0) is 8.55. The van der Waals surface area contributed by atoms with E-state index in [-0.39, 0.29) is 0 Å². The molecular formula is C9H9ClN2. The van der Waals surface area contributed by atoms with Gasteiger partial charge >= 0.3 is 0 Å². The van der Waals surface area contributed by atoms with Gasteiger partial charge in [-0.15, -0.1) is 0 Å². The van der Waals surface area contributed by atoms with Crippen molar-refractivity contribution >= 4 is 16.8 Å². The summed E-state index contributed by atoms with van der Waals surface area (Å²) >= 11 is 5.89. The van der Waals surface area contributed by atoms with Gasteiger partial charge < -0.3 is 5.43 Å². The molecule has 12 heavy (non-hydrogen) atoms. The highest BCUT2D eigenvalue weighted by molar-refractivity contribution is 6.69. The van der Waals surface area contributed by atoms with Crippen LogP contribution in [0.3, 0.4) is 0 Å². The Morgan fingerprint density at radius 3 is 3.17 bits per heavy atom. The Kier molecular flexibility index (Phi) is 1.77. The van der Waals surface area contributed by atoms with Gasteiger partial charge in [0.15, 0.2) is 5.17 Å². The van der Waals surface area contributed by atoms with E-state index in [2.05, 4.69) is 23.5 Å². The van der Waals surface area contributed by atoms with Crippen LogP contribution in [-0.4, -0.2) is 5.17 Å². The molecule has 0 radical (unpaired) electrons. The molecule has 1 aliphatic heterocycles. The van der Waals surface area contributed by atoms with Crippen molar-refractivity contribution in [3.05, 3.63) is 34.9 Å². The molecule has 2 nitrogen and oxygen atoms in total. The number of halogens is 1. The summed E-state index contributed by atoms with van der Waals surface area (Å²) in [7, 11) is 0. The van der Waals surface area contributed by atoms with Crippen molar-refractivity contribution in [1.29, 1.82) is 0 Å². The number of nitrogens with one attached hydrogen (secondary N) is 1.